The van der Waals surface area contributed by atoms with Gasteiger partial charge in [-0.15, -0.1) is 0 Å². The number of fused-ring (bicyclic) bond motifs is 2. The van der Waals surface area contributed by atoms with Crippen LogP contribution >= 0.6 is 0 Å². The van der Waals surface area contributed by atoms with Crippen LogP contribution in [0, 0.1) is 11.8 Å². The summed E-state index contributed by atoms with van der Waals surface area (Å²) in [6, 6.07) is 8.81. The summed E-state index contributed by atoms with van der Waals surface area (Å²) < 4.78 is 5.96. The minimum Gasteiger partial charge on any atom is -0.491 e. The third-order valence-electron chi connectivity index (χ3n) is 5.25. The van der Waals surface area contributed by atoms with Gasteiger partial charge in [0.15, 0.2) is 0 Å². The van der Waals surface area contributed by atoms with Crippen LogP contribution in [0.4, 0.5) is 0 Å². The molecule has 2 aliphatic rings. The minimum absolute atomic E-state index is 0.359. The van der Waals surface area contributed by atoms with Crippen molar-refractivity contribution in [1.29, 1.82) is 0 Å². The quantitative estimate of drug-likeness (QED) is 0.812. The predicted molar refractivity (Wildman–Crippen MR) is 89.3 cm³/mol. The van der Waals surface area contributed by atoms with E-state index in [1.54, 1.807) is 0 Å². The zero-order valence-corrected chi connectivity index (χ0v) is 13.8. The number of para-hydroxylation sites is 1. The number of ether oxygens (including phenoxy) is 1. The number of benzene rings is 1. The number of nitrogens with one attached hydrogen (secondary N) is 1. The van der Waals surface area contributed by atoms with Gasteiger partial charge in [0.25, 0.3) is 0 Å². The molecule has 1 aromatic carbocycles. The fraction of sp³-hybridized carbons (Fsp3) is 0.684. The lowest BCUT2D eigenvalue weighted by atomic mass is 9.83. The summed E-state index contributed by atoms with van der Waals surface area (Å²) in [4.78, 5) is 0. The maximum Gasteiger partial charge on any atom is 0.122 e. The molecular formula is C19H29NO2. The molecule has 4 atom stereocenters. The highest BCUT2D eigenvalue weighted by atomic mass is 16.5. The first-order chi connectivity index (χ1) is 10.6. The lowest BCUT2D eigenvalue weighted by Crippen LogP contribution is -2.35. The molecule has 2 saturated carbocycles. The highest BCUT2D eigenvalue weighted by Gasteiger charge is 2.41. The Kier molecular flexibility index (Phi) is 5.04. The van der Waals surface area contributed by atoms with E-state index in [4.69, 9.17) is 4.74 Å². The first-order valence-electron chi connectivity index (χ1n) is 8.76. The minimum atomic E-state index is -0.463. The van der Waals surface area contributed by atoms with E-state index in [-0.39, 0.29) is 0 Å². The van der Waals surface area contributed by atoms with Crippen LogP contribution in [0.3, 0.4) is 0 Å². The number of hydrogen-bond donors (Lipinski definition) is 2. The van der Waals surface area contributed by atoms with Crippen molar-refractivity contribution in [3.63, 3.8) is 0 Å². The smallest absolute Gasteiger partial charge is 0.122 e. The zero-order chi connectivity index (χ0) is 15.5. The zero-order valence-electron chi connectivity index (χ0n) is 13.8. The van der Waals surface area contributed by atoms with Crippen LogP contribution in [-0.4, -0.2) is 30.4 Å². The largest absolute Gasteiger partial charge is 0.491 e. The van der Waals surface area contributed by atoms with Gasteiger partial charge in [0.05, 0.1) is 0 Å². The maximum atomic E-state index is 10.0. The van der Waals surface area contributed by atoms with Gasteiger partial charge in [-0.1, -0.05) is 38.5 Å². The van der Waals surface area contributed by atoms with Crippen molar-refractivity contribution in [2.24, 2.45) is 11.8 Å². The summed E-state index contributed by atoms with van der Waals surface area (Å²) in [5, 5.41) is 13.3. The van der Waals surface area contributed by atoms with Gasteiger partial charge in [-0.25, -0.2) is 0 Å². The third kappa shape index (κ3) is 3.64. The summed E-state index contributed by atoms with van der Waals surface area (Å²) >= 11 is 0. The molecule has 0 aromatic heterocycles. The Hall–Kier alpha value is -1.06. The van der Waals surface area contributed by atoms with Crippen LogP contribution in [0.5, 0.6) is 5.75 Å². The summed E-state index contributed by atoms with van der Waals surface area (Å²) in [6.07, 6.45) is 5.06. The van der Waals surface area contributed by atoms with E-state index in [2.05, 4.69) is 37.4 Å². The molecule has 2 bridgehead atoms. The Morgan fingerprint density at radius 1 is 1.23 bits per heavy atom. The third-order valence-corrected chi connectivity index (χ3v) is 5.25. The number of rotatable bonds is 7. The van der Waals surface area contributed by atoms with Crippen molar-refractivity contribution in [2.45, 2.75) is 57.6 Å². The van der Waals surface area contributed by atoms with E-state index in [1.165, 1.54) is 31.2 Å². The van der Waals surface area contributed by atoms with E-state index in [0.717, 1.165) is 17.6 Å². The maximum absolute atomic E-state index is 10.0. The molecule has 3 nitrogen and oxygen atoms in total. The second-order valence-corrected chi connectivity index (χ2v) is 7.35. The first-order valence-corrected chi connectivity index (χ1v) is 8.76. The van der Waals surface area contributed by atoms with Crippen molar-refractivity contribution in [3.05, 3.63) is 29.8 Å². The molecule has 0 spiro atoms. The van der Waals surface area contributed by atoms with E-state index < -0.39 is 6.10 Å². The molecule has 0 aliphatic heterocycles. The van der Waals surface area contributed by atoms with Gasteiger partial charge in [-0.3, -0.25) is 0 Å². The van der Waals surface area contributed by atoms with Crippen molar-refractivity contribution in [3.8, 4) is 5.75 Å². The van der Waals surface area contributed by atoms with Gasteiger partial charge in [-0.2, -0.15) is 0 Å². The monoisotopic (exact) mass is 303 g/mol. The highest BCUT2D eigenvalue weighted by Crippen LogP contribution is 2.54. The number of aliphatic hydroxyl groups is 1. The molecule has 0 unspecified atom stereocenters. The second kappa shape index (κ2) is 7.01. The molecule has 2 aliphatic carbocycles. The highest BCUT2D eigenvalue weighted by molar-refractivity contribution is 5.38. The van der Waals surface area contributed by atoms with Gasteiger partial charge < -0.3 is 15.2 Å². The van der Waals surface area contributed by atoms with E-state index in [9.17, 15) is 5.11 Å². The molecule has 0 heterocycles. The molecule has 0 amide bonds. The molecule has 3 heteroatoms. The Bertz CT molecular complexity index is 488. The van der Waals surface area contributed by atoms with Gasteiger partial charge in [0.1, 0.15) is 18.5 Å². The standard InChI is InChI=1S/C19H29NO2/c1-13(2)20-11-16(21)12-22-19-6-4-3-5-17(19)18-10-14-7-8-15(18)9-14/h3-6,13-16,18,20-21H,7-12H2,1-2H3/t14-,15+,16+,18-/m1/s1. The summed E-state index contributed by atoms with van der Waals surface area (Å²) in [7, 11) is 0. The van der Waals surface area contributed by atoms with E-state index in [1.807, 2.05) is 6.07 Å². The molecule has 1 aromatic rings. The predicted octanol–water partition coefficient (Wildman–Crippen LogP) is 3.33. The van der Waals surface area contributed by atoms with Gasteiger partial charge in [-0.05, 0) is 48.6 Å². The van der Waals surface area contributed by atoms with Crippen LogP contribution < -0.4 is 10.1 Å². The molecule has 2 N–H and O–H groups in total. The normalized spacial score (nSPS) is 28.3. The van der Waals surface area contributed by atoms with Crippen LogP contribution in [0.15, 0.2) is 24.3 Å². The second-order valence-electron chi connectivity index (χ2n) is 7.35. The molecule has 2 fully saturated rings. The fourth-order valence-corrected chi connectivity index (χ4v) is 4.16. The molecule has 0 saturated heterocycles. The van der Waals surface area contributed by atoms with Gasteiger partial charge in [0.2, 0.25) is 0 Å². The van der Waals surface area contributed by atoms with Crippen molar-refractivity contribution in [2.75, 3.05) is 13.2 Å². The number of aliphatic hydroxyl groups excluding tert-OH is 1. The molecule has 3 rings (SSSR count). The molecule has 0 radical (unpaired) electrons. The van der Waals surface area contributed by atoms with Crippen LogP contribution in [0.2, 0.25) is 0 Å². The Morgan fingerprint density at radius 2 is 2.05 bits per heavy atom. The van der Waals surface area contributed by atoms with Crippen molar-refractivity contribution < 1.29 is 9.84 Å². The van der Waals surface area contributed by atoms with Crippen LogP contribution in [0.25, 0.3) is 0 Å². The molecule has 22 heavy (non-hydrogen) atoms. The summed E-state index contributed by atoms with van der Waals surface area (Å²) in [6.45, 7) is 5.10. The summed E-state index contributed by atoms with van der Waals surface area (Å²) in [5.74, 6) is 3.43. The topological polar surface area (TPSA) is 41.5 Å². The van der Waals surface area contributed by atoms with Crippen molar-refractivity contribution >= 4 is 0 Å². The SMILES string of the molecule is CC(C)NC[C@H](O)COc1ccccc1[C@@H]1C[C@@H]2CC[C@H]1C2. The Balaban J connectivity index is 1.60. The van der Waals surface area contributed by atoms with E-state index >= 15 is 0 Å². The lowest BCUT2D eigenvalue weighted by Gasteiger charge is -2.25. The molecular weight excluding hydrogens is 274 g/mol. The van der Waals surface area contributed by atoms with Gasteiger partial charge in [0, 0.05) is 12.6 Å². The average molecular weight is 303 g/mol. The van der Waals surface area contributed by atoms with E-state index in [0.29, 0.717) is 25.1 Å². The van der Waals surface area contributed by atoms with Crippen LogP contribution in [-0.2, 0) is 0 Å². The average Bonchev–Trinajstić information content (AvgIpc) is 3.14. The summed E-state index contributed by atoms with van der Waals surface area (Å²) in [5.41, 5.74) is 1.36. The van der Waals surface area contributed by atoms with Crippen molar-refractivity contribution in [1.82, 2.24) is 5.32 Å². The van der Waals surface area contributed by atoms with Crippen LogP contribution in [0.1, 0.15) is 51.0 Å². The van der Waals surface area contributed by atoms with Gasteiger partial charge >= 0.3 is 0 Å². The Labute approximate surface area is 134 Å². The lowest BCUT2D eigenvalue weighted by molar-refractivity contribution is 0.103. The molecule has 122 valence electrons. The number of hydrogen-bond acceptors (Lipinski definition) is 3. The first kappa shape index (κ1) is 15.8. The Morgan fingerprint density at radius 3 is 2.73 bits per heavy atom. The fourth-order valence-electron chi connectivity index (χ4n) is 4.16.